The van der Waals surface area contributed by atoms with E-state index in [-0.39, 0.29) is 22.4 Å². The molecule has 0 unspecified atom stereocenters. The molecule has 134 valence electrons. The summed E-state index contributed by atoms with van der Waals surface area (Å²) in [4.78, 5) is 30.8. The van der Waals surface area contributed by atoms with Crippen molar-refractivity contribution >= 4 is 33.7 Å². The van der Waals surface area contributed by atoms with E-state index in [1.165, 1.54) is 15.7 Å². The van der Waals surface area contributed by atoms with Crippen LogP contribution in [0.5, 0.6) is 0 Å². The highest BCUT2D eigenvalue weighted by Crippen LogP contribution is 2.34. The van der Waals surface area contributed by atoms with E-state index in [1.54, 1.807) is 11.6 Å². The second kappa shape index (κ2) is 6.53. The van der Waals surface area contributed by atoms with E-state index in [4.69, 9.17) is 0 Å². The molecule has 1 saturated heterocycles. The molecule has 1 aromatic carbocycles. The standard InChI is InChI=1S/C18H18N4O3S/c1-12-2-4-13(5-3-12)15(23)14-6-8-20(9-7-14)16-17(22(24)25)21-10-11-26-18(21)19-16/h2-5,10-11,14H,6-9H2,1H3. The van der Waals surface area contributed by atoms with E-state index in [9.17, 15) is 14.9 Å². The number of aromatic nitrogens is 2. The monoisotopic (exact) mass is 370 g/mol. The minimum Gasteiger partial charge on any atom is -0.358 e. The molecule has 26 heavy (non-hydrogen) atoms. The summed E-state index contributed by atoms with van der Waals surface area (Å²) in [6.45, 7) is 3.18. The van der Waals surface area contributed by atoms with Crippen LogP contribution in [0.15, 0.2) is 35.8 Å². The Morgan fingerprint density at radius 1 is 1.27 bits per heavy atom. The van der Waals surface area contributed by atoms with Gasteiger partial charge in [0.05, 0.1) is 0 Å². The Morgan fingerprint density at radius 2 is 1.96 bits per heavy atom. The number of piperidine rings is 1. The number of aryl methyl sites for hydroxylation is 1. The molecule has 0 radical (unpaired) electrons. The van der Waals surface area contributed by atoms with E-state index in [2.05, 4.69) is 4.98 Å². The summed E-state index contributed by atoms with van der Waals surface area (Å²) < 4.78 is 1.52. The Hall–Kier alpha value is -2.74. The lowest BCUT2D eigenvalue weighted by atomic mass is 9.88. The third-order valence-electron chi connectivity index (χ3n) is 4.89. The van der Waals surface area contributed by atoms with Crippen LogP contribution >= 0.6 is 11.3 Å². The van der Waals surface area contributed by atoms with E-state index in [0.29, 0.717) is 36.7 Å². The van der Waals surface area contributed by atoms with Gasteiger partial charge in [0.1, 0.15) is 6.20 Å². The summed E-state index contributed by atoms with van der Waals surface area (Å²) in [5.74, 6) is 0.523. The Bertz CT molecular complexity index is 968. The number of fused-ring (bicyclic) bond motifs is 1. The lowest BCUT2D eigenvalue weighted by Gasteiger charge is -2.31. The average Bonchev–Trinajstić information content (AvgIpc) is 3.22. The summed E-state index contributed by atoms with van der Waals surface area (Å²) in [5.41, 5.74) is 1.87. The van der Waals surface area contributed by atoms with Gasteiger partial charge in [-0.3, -0.25) is 4.79 Å². The van der Waals surface area contributed by atoms with E-state index in [0.717, 1.165) is 11.1 Å². The number of nitrogens with zero attached hydrogens (tertiary/aromatic N) is 4. The predicted octanol–water partition coefficient (Wildman–Crippen LogP) is 3.71. The first-order valence-electron chi connectivity index (χ1n) is 8.50. The zero-order valence-corrected chi connectivity index (χ0v) is 15.1. The van der Waals surface area contributed by atoms with Gasteiger partial charge in [0.25, 0.3) is 4.96 Å². The maximum Gasteiger partial charge on any atom is 0.373 e. The molecule has 3 heterocycles. The fraction of sp³-hybridized carbons (Fsp3) is 0.333. The van der Waals surface area contributed by atoms with Crippen molar-refractivity contribution in [2.75, 3.05) is 18.0 Å². The number of hydrogen-bond acceptors (Lipinski definition) is 6. The Kier molecular flexibility index (Phi) is 4.20. The minimum absolute atomic E-state index is 0.00422. The lowest BCUT2D eigenvalue weighted by molar-refractivity contribution is -0.389. The highest BCUT2D eigenvalue weighted by Gasteiger charge is 2.32. The van der Waals surface area contributed by atoms with Crippen molar-refractivity contribution in [1.29, 1.82) is 0 Å². The molecule has 0 saturated carbocycles. The van der Waals surface area contributed by atoms with Crippen LogP contribution in [0.25, 0.3) is 4.96 Å². The molecule has 3 aromatic rings. The molecular formula is C18H18N4O3S. The molecule has 1 aliphatic heterocycles. The lowest BCUT2D eigenvalue weighted by Crippen LogP contribution is -2.37. The number of carbonyl (C=O) groups is 1. The molecule has 0 N–H and O–H groups in total. The topological polar surface area (TPSA) is 80.8 Å². The van der Waals surface area contributed by atoms with Gasteiger partial charge in [0, 0.05) is 30.0 Å². The largest absolute Gasteiger partial charge is 0.373 e. The van der Waals surface area contributed by atoms with Gasteiger partial charge in [-0.25, -0.2) is 0 Å². The van der Waals surface area contributed by atoms with Crippen LogP contribution in [0, 0.1) is 23.0 Å². The SMILES string of the molecule is Cc1ccc(C(=O)C2CCN(c3nc4sccn4c3[N+](=O)[O-])CC2)cc1. The molecule has 0 bridgehead atoms. The molecule has 0 amide bonds. The Balaban J connectivity index is 1.51. The minimum atomic E-state index is -0.383. The van der Waals surface area contributed by atoms with Gasteiger partial charge >= 0.3 is 5.82 Å². The van der Waals surface area contributed by atoms with Gasteiger partial charge in [-0.05, 0) is 24.7 Å². The van der Waals surface area contributed by atoms with Crippen LogP contribution in [0.1, 0.15) is 28.8 Å². The van der Waals surface area contributed by atoms with Crippen LogP contribution in [-0.2, 0) is 0 Å². The average molecular weight is 370 g/mol. The van der Waals surface area contributed by atoms with Crippen molar-refractivity contribution in [2.24, 2.45) is 5.92 Å². The molecule has 0 atom stereocenters. The smallest absolute Gasteiger partial charge is 0.358 e. The Morgan fingerprint density at radius 3 is 2.62 bits per heavy atom. The van der Waals surface area contributed by atoms with Gasteiger partial charge in [-0.1, -0.05) is 41.2 Å². The van der Waals surface area contributed by atoms with Gasteiger partial charge in [0.15, 0.2) is 5.78 Å². The number of benzene rings is 1. The van der Waals surface area contributed by atoms with Crippen LogP contribution < -0.4 is 4.90 Å². The summed E-state index contributed by atoms with van der Waals surface area (Å²) in [5, 5.41) is 13.3. The van der Waals surface area contributed by atoms with Crippen LogP contribution in [-0.4, -0.2) is 33.2 Å². The number of carbonyl (C=O) groups excluding carboxylic acids is 1. The zero-order chi connectivity index (χ0) is 18.3. The first-order chi connectivity index (χ1) is 12.5. The summed E-state index contributed by atoms with van der Waals surface area (Å²) in [6.07, 6.45) is 3.02. The molecule has 1 aliphatic rings. The third kappa shape index (κ3) is 2.86. The highest BCUT2D eigenvalue weighted by molar-refractivity contribution is 7.15. The summed E-state index contributed by atoms with van der Waals surface area (Å²) in [7, 11) is 0. The van der Waals surface area contributed by atoms with Crippen molar-refractivity contribution in [1.82, 2.24) is 9.38 Å². The van der Waals surface area contributed by atoms with Crippen molar-refractivity contribution in [2.45, 2.75) is 19.8 Å². The van der Waals surface area contributed by atoms with E-state index >= 15 is 0 Å². The third-order valence-corrected chi connectivity index (χ3v) is 5.65. The molecule has 2 aromatic heterocycles. The molecule has 4 rings (SSSR count). The maximum atomic E-state index is 12.7. The first kappa shape index (κ1) is 16.7. The molecule has 0 spiro atoms. The molecular weight excluding hydrogens is 352 g/mol. The maximum absolute atomic E-state index is 12.7. The van der Waals surface area contributed by atoms with Gasteiger partial charge in [-0.2, -0.15) is 9.38 Å². The fourth-order valence-electron chi connectivity index (χ4n) is 3.45. The van der Waals surface area contributed by atoms with E-state index < -0.39 is 0 Å². The quantitative estimate of drug-likeness (QED) is 0.397. The number of imidazole rings is 1. The number of anilines is 1. The number of ketones is 1. The predicted molar refractivity (Wildman–Crippen MR) is 100 cm³/mol. The van der Waals surface area contributed by atoms with Crippen LogP contribution in [0.2, 0.25) is 0 Å². The number of nitro groups is 1. The van der Waals surface area contributed by atoms with Gasteiger partial charge in [-0.15, -0.1) is 0 Å². The van der Waals surface area contributed by atoms with Crippen molar-refractivity contribution in [3.8, 4) is 0 Å². The first-order valence-corrected chi connectivity index (χ1v) is 9.38. The van der Waals surface area contributed by atoms with Crippen molar-refractivity contribution in [3.63, 3.8) is 0 Å². The molecule has 0 aliphatic carbocycles. The number of Topliss-reactive ketones (excluding diaryl/α,β-unsaturated/α-hetero) is 1. The van der Waals surface area contributed by atoms with E-state index in [1.807, 2.05) is 36.1 Å². The summed E-state index contributed by atoms with van der Waals surface area (Å²) in [6, 6.07) is 7.64. The second-order valence-electron chi connectivity index (χ2n) is 6.56. The number of rotatable bonds is 4. The number of hydrogen-bond donors (Lipinski definition) is 0. The summed E-state index contributed by atoms with van der Waals surface area (Å²) >= 11 is 1.37. The van der Waals surface area contributed by atoms with Crippen molar-refractivity contribution < 1.29 is 9.72 Å². The van der Waals surface area contributed by atoms with Gasteiger partial charge in [0.2, 0.25) is 5.82 Å². The highest BCUT2D eigenvalue weighted by atomic mass is 32.1. The molecule has 7 nitrogen and oxygen atoms in total. The van der Waals surface area contributed by atoms with Gasteiger partial charge < -0.3 is 15.0 Å². The Labute approximate surface area is 154 Å². The fourth-order valence-corrected chi connectivity index (χ4v) is 4.16. The zero-order valence-electron chi connectivity index (χ0n) is 14.3. The molecule has 8 heteroatoms. The number of thiazole rings is 1. The van der Waals surface area contributed by atoms with Crippen LogP contribution in [0.4, 0.5) is 11.6 Å². The van der Waals surface area contributed by atoms with Crippen molar-refractivity contribution in [3.05, 3.63) is 57.1 Å². The van der Waals surface area contributed by atoms with Crippen LogP contribution in [0.3, 0.4) is 0 Å². The normalized spacial score (nSPS) is 15.5. The second-order valence-corrected chi connectivity index (χ2v) is 7.44. The molecule has 1 fully saturated rings.